The lowest BCUT2D eigenvalue weighted by Crippen LogP contribution is -2.29. The minimum absolute atomic E-state index is 0.0877. The van der Waals surface area contributed by atoms with Gasteiger partial charge in [0.2, 0.25) is 26.6 Å². The number of likely N-dealkylation sites (tertiary alicyclic amines) is 1. The Kier molecular flexibility index (Phi) is 4.28. The molecule has 1 aliphatic heterocycles. The van der Waals surface area contributed by atoms with E-state index >= 15 is 0 Å². The van der Waals surface area contributed by atoms with Gasteiger partial charge in [-0.2, -0.15) is 0 Å². The Labute approximate surface area is 140 Å². The van der Waals surface area contributed by atoms with Crippen LogP contribution in [0.1, 0.15) is 22.5 Å². The number of hydrogen-bond acceptors (Lipinski definition) is 5. The summed E-state index contributed by atoms with van der Waals surface area (Å²) in [6.45, 7) is 0.944. The zero-order valence-corrected chi connectivity index (χ0v) is 14.0. The summed E-state index contributed by atoms with van der Waals surface area (Å²) < 4.78 is 28.0. The molecule has 0 saturated carbocycles. The maximum atomic E-state index is 12.5. The molecule has 0 bridgehead atoms. The number of carbonyl (C=O) groups is 2. The molecule has 1 unspecified atom stereocenters. The first-order valence-electron chi connectivity index (χ1n) is 7.53. The van der Waals surface area contributed by atoms with Crippen molar-refractivity contribution in [3.8, 4) is 0 Å². The van der Waals surface area contributed by atoms with E-state index in [4.69, 9.17) is 4.42 Å². The van der Waals surface area contributed by atoms with E-state index in [0.717, 1.165) is 11.8 Å². The minimum Gasteiger partial charge on any atom is -0.442 e. The zero-order chi connectivity index (χ0) is 17.3. The maximum Gasteiger partial charge on any atom is 0.234 e. The second-order valence-electron chi connectivity index (χ2n) is 5.84. The van der Waals surface area contributed by atoms with Crippen molar-refractivity contribution < 1.29 is 22.4 Å². The first-order chi connectivity index (χ1) is 11.4. The van der Waals surface area contributed by atoms with Gasteiger partial charge >= 0.3 is 0 Å². The molecule has 1 amide bonds. The summed E-state index contributed by atoms with van der Waals surface area (Å²) in [5.41, 5.74) is 0.997. The molecule has 1 atom stereocenters. The van der Waals surface area contributed by atoms with Crippen molar-refractivity contribution in [1.82, 2.24) is 4.90 Å². The number of sulfone groups is 1. The molecule has 0 radical (unpaired) electrons. The van der Waals surface area contributed by atoms with E-state index in [9.17, 15) is 18.0 Å². The summed E-state index contributed by atoms with van der Waals surface area (Å²) >= 11 is 0. The molecule has 2 aromatic rings. The highest BCUT2D eigenvalue weighted by Gasteiger charge is 2.38. The summed E-state index contributed by atoms with van der Waals surface area (Å²) in [7, 11) is -3.52. The Morgan fingerprint density at radius 3 is 2.54 bits per heavy atom. The van der Waals surface area contributed by atoms with Gasteiger partial charge in [0, 0.05) is 19.3 Å². The molecule has 1 aromatic heterocycles. The van der Waals surface area contributed by atoms with E-state index in [2.05, 4.69) is 0 Å². The highest BCUT2D eigenvalue weighted by Crippen LogP contribution is 2.25. The second kappa shape index (κ2) is 6.24. The number of amides is 1. The van der Waals surface area contributed by atoms with Gasteiger partial charge in [-0.25, -0.2) is 8.42 Å². The number of furan rings is 1. The van der Waals surface area contributed by atoms with Crippen molar-refractivity contribution in [1.29, 1.82) is 0 Å². The third kappa shape index (κ3) is 3.26. The highest BCUT2D eigenvalue weighted by molar-refractivity contribution is 7.90. The number of ketones is 1. The molecule has 1 fully saturated rings. The van der Waals surface area contributed by atoms with E-state index in [0.29, 0.717) is 19.5 Å². The molecule has 126 valence electrons. The average molecular weight is 347 g/mol. The third-order valence-corrected chi connectivity index (χ3v) is 4.97. The van der Waals surface area contributed by atoms with Gasteiger partial charge in [0.25, 0.3) is 0 Å². The Hall–Kier alpha value is -2.41. The van der Waals surface area contributed by atoms with Crippen molar-refractivity contribution in [3.63, 3.8) is 0 Å². The summed E-state index contributed by atoms with van der Waals surface area (Å²) in [6.07, 6.45) is 1.40. The Morgan fingerprint density at radius 1 is 1.21 bits per heavy atom. The molecule has 24 heavy (non-hydrogen) atoms. The first kappa shape index (κ1) is 16.4. The molecule has 2 heterocycles. The number of benzene rings is 1. The predicted octanol–water partition coefficient (Wildman–Crippen LogP) is 1.91. The van der Waals surface area contributed by atoms with Crippen LogP contribution < -0.4 is 0 Å². The van der Waals surface area contributed by atoms with Crippen LogP contribution in [0.25, 0.3) is 0 Å². The van der Waals surface area contributed by atoms with E-state index in [-0.39, 0.29) is 16.8 Å². The largest absolute Gasteiger partial charge is 0.442 e. The number of nitrogens with zero attached hydrogens (tertiary/aromatic N) is 1. The fourth-order valence-corrected chi connectivity index (χ4v) is 3.32. The van der Waals surface area contributed by atoms with E-state index < -0.39 is 21.5 Å². The van der Waals surface area contributed by atoms with Gasteiger partial charge in [-0.1, -0.05) is 30.3 Å². The molecule has 3 rings (SSSR count). The van der Waals surface area contributed by atoms with Crippen molar-refractivity contribution in [2.45, 2.75) is 18.1 Å². The number of rotatable bonds is 5. The second-order valence-corrected chi connectivity index (χ2v) is 7.79. The van der Waals surface area contributed by atoms with Crippen LogP contribution in [0.3, 0.4) is 0 Å². The molecule has 6 nitrogen and oxygen atoms in total. The van der Waals surface area contributed by atoms with Crippen LogP contribution in [-0.2, 0) is 21.2 Å². The summed E-state index contributed by atoms with van der Waals surface area (Å²) in [5.74, 6) is -1.62. The maximum absolute atomic E-state index is 12.5. The van der Waals surface area contributed by atoms with Crippen LogP contribution >= 0.6 is 0 Å². The fourth-order valence-electron chi connectivity index (χ4n) is 2.77. The molecule has 7 heteroatoms. The van der Waals surface area contributed by atoms with Gasteiger partial charge in [0.05, 0.1) is 0 Å². The van der Waals surface area contributed by atoms with Gasteiger partial charge in [0.15, 0.2) is 5.76 Å². The molecule has 0 aliphatic carbocycles. The van der Waals surface area contributed by atoms with Crippen molar-refractivity contribution in [2.24, 2.45) is 5.92 Å². The minimum atomic E-state index is -3.52. The van der Waals surface area contributed by atoms with E-state index in [1.165, 1.54) is 12.1 Å². The van der Waals surface area contributed by atoms with E-state index in [1.54, 1.807) is 4.90 Å². The normalized spacial score (nSPS) is 18.1. The van der Waals surface area contributed by atoms with Gasteiger partial charge in [-0.3, -0.25) is 9.59 Å². The van der Waals surface area contributed by atoms with Crippen LogP contribution in [0.15, 0.2) is 52.0 Å². The Morgan fingerprint density at radius 2 is 1.92 bits per heavy atom. The van der Waals surface area contributed by atoms with Crippen LogP contribution in [0.2, 0.25) is 0 Å². The van der Waals surface area contributed by atoms with Crippen LogP contribution in [0, 0.1) is 5.92 Å². The third-order valence-electron chi connectivity index (χ3n) is 4.02. The molecular formula is C17H17NO5S. The lowest BCUT2D eigenvalue weighted by molar-refractivity contribution is -0.130. The molecule has 0 N–H and O–H groups in total. The SMILES string of the molecule is CS(=O)(=O)c1ccc(C(=O)C2CCN(Cc3ccccc3)C2=O)o1. The number of hydrogen-bond donors (Lipinski definition) is 0. The fraction of sp³-hybridized carbons (Fsp3) is 0.294. The zero-order valence-electron chi connectivity index (χ0n) is 13.1. The van der Waals surface area contributed by atoms with Gasteiger partial charge < -0.3 is 9.32 Å². The Balaban J connectivity index is 1.73. The number of carbonyl (C=O) groups excluding carboxylic acids is 2. The summed E-state index contributed by atoms with van der Waals surface area (Å²) in [4.78, 5) is 26.6. The smallest absolute Gasteiger partial charge is 0.234 e. The van der Waals surface area contributed by atoms with Crippen LogP contribution in [-0.4, -0.2) is 37.8 Å². The van der Waals surface area contributed by atoms with Gasteiger partial charge in [-0.15, -0.1) is 0 Å². The molecule has 0 spiro atoms. The topological polar surface area (TPSA) is 84.7 Å². The highest BCUT2D eigenvalue weighted by atomic mass is 32.2. The molecular weight excluding hydrogens is 330 g/mol. The molecule has 1 saturated heterocycles. The predicted molar refractivity (Wildman–Crippen MR) is 86.1 cm³/mol. The monoisotopic (exact) mass is 347 g/mol. The Bertz CT molecular complexity index is 869. The quantitative estimate of drug-likeness (QED) is 0.609. The van der Waals surface area contributed by atoms with Crippen LogP contribution in [0.4, 0.5) is 0 Å². The van der Waals surface area contributed by atoms with Crippen LogP contribution in [0.5, 0.6) is 0 Å². The number of Topliss-reactive ketones (excluding diaryl/α,β-unsaturated/α-hetero) is 1. The van der Waals surface area contributed by atoms with E-state index in [1.807, 2.05) is 30.3 Å². The van der Waals surface area contributed by atoms with Gasteiger partial charge in [-0.05, 0) is 24.1 Å². The van der Waals surface area contributed by atoms with Gasteiger partial charge in [0.1, 0.15) is 5.92 Å². The van der Waals surface area contributed by atoms with Crippen molar-refractivity contribution >= 4 is 21.5 Å². The molecule has 1 aliphatic rings. The lowest BCUT2D eigenvalue weighted by Gasteiger charge is -2.16. The summed E-state index contributed by atoms with van der Waals surface area (Å²) in [5, 5.41) is -0.266. The lowest BCUT2D eigenvalue weighted by atomic mass is 10.0. The average Bonchev–Trinajstić information content (AvgIpc) is 3.16. The molecule has 1 aromatic carbocycles. The standard InChI is InChI=1S/C17H17NO5S/c1-24(21,22)15-8-7-14(23-15)16(19)13-9-10-18(17(13)20)11-12-5-3-2-4-6-12/h2-8,13H,9-11H2,1H3. The summed E-state index contributed by atoms with van der Waals surface area (Å²) in [6, 6.07) is 12.1. The van der Waals surface area contributed by atoms with Crippen molar-refractivity contribution in [3.05, 3.63) is 53.8 Å². The first-order valence-corrected chi connectivity index (χ1v) is 9.42. The van der Waals surface area contributed by atoms with Crippen molar-refractivity contribution in [2.75, 3.05) is 12.8 Å².